The Labute approximate surface area is 134 Å². The highest BCUT2D eigenvalue weighted by atomic mass is 79.9. The Kier molecular flexibility index (Phi) is 4.64. The molecule has 0 aliphatic carbocycles. The van der Waals surface area contributed by atoms with E-state index in [-0.39, 0.29) is 5.91 Å². The molecular weight excluding hydrogens is 332 g/mol. The molecule has 21 heavy (non-hydrogen) atoms. The van der Waals surface area contributed by atoms with Gasteiger partial charge in [0.1, 0.15) is 0 Å². The molecule has 2 aliphatic heterocycles. The zero-order chi connectivity index (χ0) is 14.8. The summed E-state index contributed by atoms with van der Waals surface area (Å²) in [7, 11) is 2.00. The van der Waals surface area contributed by atoms with Crippen LogP contribution in [0.25, 0.3) is 0 Å². The van der Waals surface area contributed by atoms with Crippen LogP contribution in [0, 0.1) is 0 Å². The van der Waals surface area contributed by atoms with E-state index < -0.39 is 0 Å². The Morgan fingerprint density at radius 3 is 2.76 bits per heavy atom. The van der Waals surface area contributed by atoms with Crippen molar-refractivity contribution in [1.82, 2.24) is 19.4 Å². The van der Waals surface area contributed by atoms with Gasteiger partial charge in [0.2, 0.25) is 5.91 Å². The first-order valence-corrected chi connectivity index (χ1v) is 8.64. The zero-order valence-corrected chi connectivity index (χ0v) is 14.2. The largest absolute Gasteiger partial charge is 0.336 e. The SMILES string of the molecule is Cn1c(Br)nc2c1CN(C(=O)CCN1CCCCC1)CC2. The molecule has 0 atom stereocenters. The Hall–Kier alpha value is -0.880. The number of halogens is 1. The van der Waals surface area contributed by atoms with Crippen LogP contribution in [0.3, 0.4) is 0 Å². The van der Waals surface area contributed by atoms with E-state index >= 15 is 0 Å². The maximum absolute atomic E-state index is 12.4. The van der Waals surface area contributed by atoms with Crippen molar-refractivity contribution >= 4 is 21.8 Å². The van der Waals surface area contributed by atoms with Crippen molar-refractivity contribution < 1.29 is 4.79 Å². The van der Waals surface area contributed by atoms with Gasteiger partial charge >= 0.3 is 0 Å². The molecule has 0 unspecified atom stereocenters. The molecule has 2 aliphatic rings. The fourth-order valence-electron chi connectivity index (χ4n) is 3.26. The second-order valence-electron chi connectivity index (χ2n) is 6.05. The topological polar surface area (TPSA) is 41.4 Å². The van der Waals surface area contributed by atoms with Gasteiger partial charge < -0.3 is 14.4 Å². The number of likely N-dealkylation sites (tertiary alicyclic amines) is 1. The van der Waals surface area contributed by atoms with Gasteiger partial charge in [-0.15, -0.1) is 0 Å². The third-order valence-electron chi connectivity index (χ3n) is 4.64. The van der Waals surface area contributed by atoms with E-state index in [0.717, 1.165) is 43.0 Å². The predicted octanol–water partition coefficient (Wildman–Crippen LogP) is 1.94. The summed E-state index contributed by atoms with van der Waals surface area (Å²) in [4.78, 5) is 21.3. The van der Waals surface area contributed by atoms with E-state index in [1.54, 1.807) is 0 Å². The Morgan fingerprint density at radius 2 is 2.00 bits per heavy atom. The number of amides is 1. The van der Waals surface area contributed by atoms with Gasteiger partial charge in [0.25, 0.3) is 0 Å². The molecule has 0 saturated carbocycles. The molecule has 0 spiro atoms. The summed E-state index contributed by atoms with van der Waals surface area (Å²) in [6.45, 7) is 4.73. The predicted molar refractivity (Wildman–Crippen MR) is 84.9 cm³/mol. The number of imidazole rings is 1. The van der Waals surface area contributed by atoms with Gasteiger partial charge in [0.05, 0.1) is 17.9 Å². The summed E-state index contributed by atoms with van der Waals surface area (Å²) < 4.78 is 2.90. The van der Waals surface area contributed by atoms with E-state index in [9.17, 15) is 4.79 Å². The fourth-order valence-corrected chi connectivity index (χ4v) is 3.69. The monoisotopic (exact) mass is 354 g/mol. The molecule has 5 nitrogen and oxygen atoms in total. The van der Waals surface area contributed by atoms with E-state index in [2.05, 4.69) is 25.8 Å². The molecule has 6 heteroatoms. The third kappa shape index (κ3) is 3.31. The maximum Gasteiger partial charge on any atom is 0.224 e. The van der Waals surface area contributed by atoms with Gasteiger partial charge in [-0.05, 0) is 41.9 Å². The van der Waals surface area contributed by atoms with Crippen molar-refractivity contribution in [2.75, 3.05) is 26.2 Å². The van der Waals surface area contributed by atoms with Crippen LogP contribution in [0.15, 0.2) is 4.73 Å². The minimum absolute atomic E-state index is 0.281. The number of carbonyl (C=O) groups excluding carboxylic acids is 1. The van der Waals surface area contributed by atoms with Gasteiger partial charge in [0, 0.05) is 33.0 Å². The minimum atomic E-state index is 0.281. The first-order chi connectivity index (χ1) is 10.1. The van der Waals surface area contributed by atoms with Crippen molar-refractivity contribution in [1.29, 1.82) is 0 Å². The lowest BCUT2D eigenvalue weighted by atomic mass is 10.1. The highest BCUT2D eigenvalue weighted by Crippen LogP contribution is 2.22. The second kappa shape index (κ2) is 6.48. The number of hydrogen-bond donors (Lipinski definition) is 0. The van der Waals surface area contributed by atoms with Gasteiger partial charge in [-0.2, -0.15) is 0 Å². The van der Waals surface area contributed by atoms with E-state index in [1.165, 1.54) is 25.0 Å². The second-order valence-corrected chi connectivity index (χ2v) is 6.76. The molecule has 0 bridgehead atoms. The van der Waals surface area contributed by atoms with Crippen molar-refractivity contribution in [2.24, 2.45) is 7.05 Å². The Morgan fingerprint density at radius 1 is 1.24 bits per heavy atom. The van der Waals surface area contributed by atoms with Crippen molar-refractivity contribution in [3.05, 3.63) is 16.1 Å². The van der Waals surface area contributed by atoms with E-state index in [0.29, 0.717) is 13.0 Å². The fraction of sp³-hybridized carbons (Fsp3) is 0.733. The summed E-state index contributed by atoms with van der Waals surface area (Å²) in [5.41, 5.74) is 2.30. The highest BCUT2D eigenvalue weighted by molar-refractivity contribution is 9.10. The van der Waals surface area contributed by atoms with Gasteiger partial charge in [-0.1, -0.05) is 6.42 Å². The van der Waals surface area contributed by atoms with E-state index in [1.807, 2.05) is 16.5 Å². The molecule has 3 heterocycles. The van der Waals surface area contributed by atoms with Crippen LogP contribution in [0.2, 0.25) is 0 Å². The lowest BCUT2D eigenvalue weighted by molar-refractivity contribution is -0.132. The first kappa shape index (κ1) is 15.0. The summed E-state index contributed by atoms with van der Waals surface area (Å²) in [5.74, 6) is 0.281. The van der Waals surface area contributed by atoms with Crippen LogP contribution in [0.5, 0.6) is 0 Å². The molecule has 1 aromatic rings. The number of rotatable bonds is 3. The third-order valence-corrected chi connectivity index (χ3v) is 5.35. The van der Waals surface area contributed by atoms with Crippen LogP contribution >= 0.6 is 15.9 Å². The number of fused-ring (bicyclic) bond motifs is 1. The number of carbonyl (C=O) groups is 1. The number of piperidine rings is 1. The first-order valence-electron chi connectivity index (χ1n) is 7.85. The summed E-state index contributed by atoms with van der Waals surface area (Å²) in [6, 6.07) is 0. The van der Waals surface area contributed by atoms with Crippen LogP contribution < -0.4 is 0 Å². The molecule has 0 N–H and O–H groups in total. The molecular formula is C15H23BrN4O. The van der Waals surface area contributed by atoms with Crippen molar-refractivity contribution in [3.8, 4) is 0 Å². The van der Waals surface area contributed by atoms with Crippen LogP contribution in [0.1, 0.15) is 37.1 Å². The molecule has 1 amide bonds. The van der Waals surface area contributed by atoms with Gasteiger partial charge in [-0.25, -0.2) is 4.98 Å². The quantitative estimate of drug-likeness (QED) is 0.832. The molecule has 1 aromatic heterocycles. The lowest BCUT2D eigenvalue weighted by Crippen LogP contribution is -2.39. The maximum atomic E-state index is 12.4. The molecule has 0 radical (unpaired) electrons. The summed E-state index contributed by atoms with van der Waals surface area (Å²) >= 11 is 3.46. The van der Waals surface area contributed by atoms with Crippen LogP contribution in [0.4, 0.5) is 0 Å². The number of nitrogens with zero attached hydrogens (tertiary/aromatic N) is 4. The minimum Gasteiger partial charge on any atom is -0.336 e. The molecule has 116 valence electrons. The number of hydrogen-bond acceptors (Lipinski definition) is 3. The zero-order valence-electron chi connectivity index (χ0n) is 12.6. The van der Waals surface area contributed by atoms with Gasteiger partial charge in [0.15, 0.2) is 4.73 Å². The highest BCUT2D eigenvalue weighted by Gasteiger charge is 2.25. The van der Waals surface area contributed by atoms with Crippen molar-refractivity contribution in [2.45, 2.75) is 38.6 Å². The smallest absolute Gasteiger partial charge is 0.224 e. The van der Waals surface area contributed by atoms with Crippen LogP contribution in [-0.2, 0) is 24.8 Å². The standard InChI is InChI=1S/C15H23BrN4O/c1-18-13-11-20(10-5-12(13)17-15(18)16)14(21)6-9-19-7-3-2-4-8-19/h2-11H2,1H3. The Bertz CT molecular complexity index is 522. The number of aromatic nitrogens is 2. The van der Waals surface area contributed by atoms with Crippen LogP contribution in [-0.4, -0.2) is 51.4 Å². The average Bonchev–Trinajstić information content (AvgIpc) is 2.80. The summed E-state index contributed by atoms with van der Waals surface area (Å²) in [6.07, 6.45) is 5.42. The molecule has 3 rings (SSSR count). The van der Waals surface area contributed by atoms with E-state index in [4.69, 9.17) is 0 Å². The normalized spacial score (nSPS) is 19.6. The summed E-state index contributed by atoms with van der Waals surface area (Å²) in [5, 5.41) is 0. The Balaban J connectivity index is 1.55. The van der Waals surface area contributed by atoms with Gasteiger partial charge in [-0.3, -0.25) is 4.79 Å². The molecule has 1 fully saturated rings. The lowest BCUT2D eigenvalue weighted by Gasteiger charge is -2.30. The average molecular weight is 355 g/mol. The van der Waals surface area contributed by atoms with Crippen molar-refractivity contribution in [3.63, 3.8) is 0 Å². The molecule has 0 aromatic carbocycles. The molecule has 1 saturated heterocycles.